The van der Waals surface area contributed by atoms with Gasteiger partial charge in [0.2, 0.25) is 0 Å². The first-order valence-electron chi connectivity index (χ1n) is 15.9. The number of hydrogen-bond acceptors (Lipinski definition) is 5. The number of nitrogens with zero attached hydrogens (tertiary/aromatic N) is 3. The quantitative estimate of drug-likeness (QED) is 0.194. The minimum Gasteiger partial charge on any atom is -0.456 e. The van der Waals surface area contributed by atoms with Crippen LogP contribution in [0.2, 0.25) is 0 Å². The zero-order valence-electron chi connectivity index (χ0n) is 25.6. The molecule has 224 valence electrons. The van der Waals surface area contributed by atoms with Crippen molar-refractivity contribution in [2.75, 3.05) is 0 Å². The van der Waals surface area contributed by atoms with Crippen LogP contribution in [0, 0.1) is 0 Å². The van der Waals surface area contributed by atoms with Crippen molar-refractivity contribution in [2.45, 2.75) is 0 Å². The summed E-state index contributed by atoms with van der Waals surface area (Å²) >= 11 is 1.81. The highest BCUT2D eigenvalue weighted by Gasteiger charge is 2.22. The van der Waals surface area contributed by atoms with Gasteiger partial charge in [-0.05, 0) is 70.4 Å². The van der Waals surface area contributed by atoms with Crippen LogP contribution in [-0.4, -0.2) is 15.0 Å². The third kappa shape index (κ3) is 4.33. The largest absolute Gasteiger partial charge is 0.456 e. The van der Waals surface area contributed by atoms with E-state index in [1.165, 1.54) is 30.9 Å². The van der Waals surface area contributed by atoms with Crippen molar-refractivity contribution in [3.8, 4) is 45.3 Å². The lowest BCUT2D eigenvalue weighted by atomic mass is 9.93. The van der Waals surface area contributed by atoms with Crippen molar-refractivity contribution in [2.24, 2.45) is 0 Å². The molecule has 0 aliphatic carbocycles. The van der Waals surface area contributed by atoms with E-state index in [0.29, 0.717) is 17.5 Å². The van der Waals surface area contributed by atoms with E-state index in [1.54, 1.807) is 11.3 Å². The van der Waals surface area contributed by atoms with Gasteiger partial charge in [0.15, 0.2) is 17.5 Å². The monoisotopic (exact) mass is 631 g/mol. The summed E-state index contributed by atoms with van der Waals surface area (Å²) in [5.74, 6) is 1.86. The molecule has 0 saturated carbocycles. The van der Waals surface area contributed by atoms with Crippen molar-refractivity contribution in [1.82, 2.24) is 15.0 Å². The molecule has 0 saturated heterocycles. The van der Waals surface area contributed by atoms with Crippen LogP contribution in [0.4, 0.5) is 0 Å². The summed E-state index contributed by atoms with van der Waals surface area (Å²) in [6.45, 7) is 0. The molecule has 0 aliphatic rings. The molecule has 0 fully saturated rings. The lowest BCUT2D eigenvalue weighted by molar-refractivity contribution is 0.669. The molecule has 3 heterocycles. The van der Waals surface area contributed by atoms with Gasteiger partial charge in [-0.1, -0.05) is 103 Å². The zero-order valence-corrected chi connectivity index (χ0v) is 26.4. The maximum absolute atomic E-state index is 6.42. The van der Waals surface area contributed by atoms with Crippen molar-refractivity contribution in [1.29, 1.82) is 0 Å². The maximum Gasteiger partial charge on any atom is 0.165 e. The Bertz CT molecular complexity index is 2850. The van der Waals surface area contributed by atoms with Gasteiger partial charge < -0.3 is 4.42 Å². The van der Waals surface area contributed by atoms with E-state index in [9.17, 15) is 0 Å². The molecule has 5 heteroatoms. The van der Waals surface area contributed by atoms with E-state index in [2.05, 4.69) is 121 Å². The van der Waals surface area contributed by atoms with Crippen molar-refractivity contribution < 1.29 is 4.42 Å². The predicted octanol–water partition coefficient (Wildman–Crippen LogP) is 12.0. The fourth-order valence-electron chi connectivity index (χ4n) is 6.84. The van der Waals surface area contributed by atoms with Crippen LogP contribution in [-0.2, 0) is 0 Å². The van der Waals surface area contributed by atoms with Crippen molar-refractivity contribution >= 4 is 64.2 Å². The summed E-state index contributed by atoms with van der Waals surface area (Å²) in [5, 5.41) is 6.84. The van der Waals surface area contributed by atoms with Gasteiger partial charge in [-0.3, -0.25) is 0 Å². The Balaban J connectivity index is 1.29. The first-order chi connectivity index (χ1) is 23.8. The van der Waals surface area contributed by atoms with E-state index < -0.39 is 0 Å². The van der Waals surface area contributed by atoms with Crippen LogP contribution in [0.25, 0.3) is 98.2 Å². The average molecular weight is 632 g/mol. The molecule has 0 aliphatic heterocycles. The fourth-order valence-corrected chi connectivity index (χ4v) is 7.93. The summed E-state index contributed by atoms with van der Waals surface area (Å²) in [4.78, 5) is 15.6. The topological polar surface area (TPSA) is 51.8 Å². The second kappa shape index (κ2) is 10.7. The van der Waals surface area contributed by atoms with E-state index in [4.69, 9.17) is 19.4 Å². The van der Waals surface area contributed by atoms with Gasteiger partial charge in [-0.25, -0.2) is 15.0 Å². The first kappa shape index (κ1) is 27.0. The molecular weight excluding hydrogens is 607 g/mol. The molecule has 7 aromatic carbocycles. The molecule has 0 spiro atoms. The summed E-state index contributed by atoms with van der Waals surface area (Å²) in [6.07, 6.45) is 0. The Kier molecular flexibility index (Phi) is 6.01. The highest BCUT2D eigenvalue weighted by Crippen LogP contribution is 2.43. The molecule has 0 N–H and O–H groups in total. The number of hydrogen-bond donors (Lipinski definition) is 0. The predicted molar refractivity (Wildman–Crippen MR) is 199 cm³/mol. The molecule has 0 bridgehead atoms. The molecule has 48 heavy (non-hydrogen) atoms. The third-order valence-electron chi connectivity index (χ3n) is 9.13. The number of fused-ring (bicyclic) bond motifs is 7. The summed E-state index contributed by atoms with van der Waals surface area (Å²) < 4.78 is 8.93. The molecule has 0 radical (unpaired) electrons. The summed E-state index contributed by atoms with van der Waals surface area (Å²) in [7, 11) is 0. The van der Waals surface area contributed by atoms with Crippen LogP contribution in [0.5, 0.6) is 0 Å². The van der Waals surface area contributed by atoms with E-state index in [-0.39, 0.29) is 0 Å². The third-order valence-corrected chi connectivity index (χ3v) is 10.3. The molecule has 0 atom stereocenters. The maximum atomic E-state index is 6.42. The van der Waals surface area contributed by atoms with Gasteiger partial charge in [0.1, 0.15) is 11.2 Å². The Morgan fingerprint density at radius 1 is 0.417 bits per heavy atom. The lowest BCUT2D eigenvalue weighted by Crippen LogP contribution is -2.01. The fraction of sp³-hybridized carbons (Fsp3) is 0. The van der Waals surface area contributed by atoms with Crippen LogP contribution in [0.3, 0.4) is 0 Å². The van der Waals surface area contributed by atoms with E-state index in [0.717, 1.165) is 49.8 Å². The number of rotatable bonds is 4. The normalized spacial score (nSPS) is 11.8. The van der Waals surface area contributed by atoms with Gasteiger partial charge in [0.05, 0.1) is 0 Å². The van der Waals surface area contributed by atoms with Gasteiger partial charge in [0.25, 0.3) is 0 Å². The van der Waals surface area contributed by atoms with Gasteiger partial charge in [0, 0.05) is 47.6 Å². The van der Waals surface area contributed by atoms with Crippen molar-refractivity contribution in [3.63, 3.8) is 0 Å². The zero-order chi connectivity index (χ0) is 31.6. The molecule has 0 amide bonds. The van der Waals surface area contributed by atoms with Crippen LogP contribution in [0.1, 0.15) is 0 Å². The summed E-state index contributed by atoms with van der Waals surface area (Å²) in [6, 6.07) is 52.7. The molecule has 10 rings (SSSR count). The smallest absolute Gasteiger partial charge is 0.165 e. The van der Waals surface area contributed by atoms with Gasteiger partial charge in [-0.15, -0.1) is 11.3 Å². The molecular formula is C43H25N3OS. The van der Waals surface area contributed by atoms with E-state index in [1.807, 2.05) is 30.3 Å². The van der Waals surface area contributed by atoms with Gasteiger partial charge >= 0.3 is 0 Å². The second-order valence-corrected chi connectivity index (χ2v) is 13.1. The highest BCUT2D eigenvalue weighted by molar-refractivity contribution is 7.25. The Hall–Kier alpha value is -6.17. The molecule has 0 unspecified atom stereocenters. The van der Waals surface area contributed by atoms with Gasteiger partial charge in [-0.2, -0.15) is 0 Å². The number of thiophene rings is 1. The average Bonchev–Trinajstić information content (AvgIpc) is 3.72. The number of furan rings is 1. The van der Waals surface area contributed by atoms with E-state index >= 15 is 0 Å². The number of para-hydroxylation sites is 1. The summed E-state index contributed by atoms with van der Waals surface area (Å²) in [5.41, 5.74) is 6.56. The molecule has 4 nitrogen and oxygen atoms in total. The standard InChI is InChI=1S/C43H25N3OS/c1-2-11-27(12-3-1)41-44-42(30-20-23-38-34(25-30)32-14-7-9-17-37(32)48-38)46-43(45-41)40-31(29-19-18-26-10-4-5-13-28(26)24-29)21-22-36-39(40)33-15-6-8-16-35(33)47-36/h1-25H. The first-order valence-corrected chi connectivity index (χ1v) is 16.8. The minimum atomic E-state index is 0.606. The van der Waals surface area contributed by atoms with Crippen molar-refractivity contribution in [3.05, 3.63) is 152 Å². The minimum absolute atomic E-state index is 0.606. The number of aromatic nitrogens is 3. The highest BCUT2D eigenvalue weighted by atomic mass is 32.1. The molecule has 10 aromatic rings. The molecule has 3 aromatic heterocycles. The Morgan fingerprint density at radius 2 is 1.10 bits per heavy atom. The second-order valence-electron chi connectivity index (χ2n) is 12.0. The van der Waals surface area contributed by atoms with Crippen LogP contribution in [0.15, 0.2) is 156 Å². The SMILES string of the molecule is c1ccc(-c2nc(-c3ccc4sc5ccccc5c4c3)nc(-c3c(-c4ccc5ccccc5c4)ccc4oc5ccccc5c34)n2)cc1. The Morgan fingerprint density at radius 3 is 2.00 bits per heavy atom. The van der Waals surface area contributed by atoms with Crippen LogP contribution < -0.4 is 0 Å². The van der Waals surface area contributed by atoms with Crippen LogP contribution >= 0.6 is 11.3 Å². The number of benzene rings is 7. The Labute approximate surface area is 279 Å². The lowest BCUT2D eigenvalue weighted by Gasteiger charge is -2.14.